The van der Waals surface area contributed by atoms with Gasteiger partial charge in [0.1, 0.15) is 0 Å². The Hall–Kier alpha value is -2.53. The van der Waals surface area contributed by atoms with Crippen molar-refractivity contribution in [2.75, 3.05) is 25.1 Å². The smallest absolute Gasteiger partial charge is 0.238 e. The first-order valence-corrected chi connectivity index (χ1v) is 10.0. The monoisotopic (exact) mass is 384 g/mol. The van der Waals surface area contributed by atoms with E-state index >= 15 is 0 Å². The number of benzene rings is 2. The molecule has 5 heteroatoms. The van der Waals surface area contributed by atoms with Crippen LogP contribution in [0.3, 0.4) is 0 Å². The van der Waals surface area contributed by atoms with Crippen LogP contribution in [0.15, 0.2) is 36.4 Å². The predicted molar refractivity (Wildman–Crippen MR) is 114 cm³/mol. The van der Waals surface area contributed by atoms with Gasteiger partial charge in [-0.1, -0.05) is 31.2 Å². The predicted octanol–water partition coefficient (Wildman–Crippen LogP) is 4.64. The fourth-order valence-corrected chi connectivity index (χ4v) is 3.09. The quantitative estimate of drug-likeness (QED) is 0.626. The lowest BCUT2D eigenvalue weighted by atomic mass is 10.1. The number of amides is 1. The highest BCUT2D eigenvalue weighted by Gasteiger charge is 2.13. The lowest BCUT2D eigenvalue weighted by Crippen LogP contribution is -2.30. The average Bonchev–Trinajstić information content (AvgIpc) is 2.69. The summed E-state index contributed by atoms with van der Waals surface area (Å²) in [6, 6.07) is 12.0. The number of carbonyl (C=O) groups is 1. The maximum absolute atomic E-state index is 12.5. The summed E-state index contributed by atoms with van der Waals surface area (Å²) < 4.78 is 11.3. The number of hydrogen-bond acceptors (Lipinski definition) is 4. The van der Waals surface area contributed by atoms with Crippen molar-refractivity contribution < 1.29 is 14.3 Å². The number of rotatable bonds is 10. The Balaban J connectivity index is 2.01. The summed E-state index contributed by atoms with van der Waals surface area (Å²) in [4.78, 5) is 12.5. The van der Waals surface area contributed by atoms with Crippen LogP contribution in [0.5, 0.6) is 11.5 Å². The molecule has 2 aromatic carbocycles. The van der Waals surface area contributed by atoms with Crippen LogP contribution in [0.1, 0.15) is 50.4 Å². The molecule has 28 heavy (non-hydrogen) atoms. The molecule has 0 saturated heterocycles. The minimum atomic E-state index is -0.0492. The van der Waals surface area contributed by atoms with Crippen molar-refractivity contribution >= 4 is 11.6 Å². The molecule has 0 spiro atoms. The summed E-state index contributed by atoms with van der Waals surface area (Å²) in [5.41, 5.74) is 4.19. The van der Waals surface area contributed by atoms with E-state index in [0.717, 1.165) is 40.3 Å². The number of carbonyl (C=O) groups excluding carboxylic acids is 1. The van der Waals surface area contributed by atoms with Gasteiger partial charge in [0.15, 0.2) is 11.5 Å². The van der Waals surface area contributed by atoms with E-state index in [0.29, 0.717) is 13.2 Å². The zero-order chi connectivity index (χ0) is 20.5. The van der Waals surface area contributed by atoms with Crippen LogP contribution in [0.2, 0.25) is 0 Å². The molecule has 0 aliphatic rings. The lowest BCUT2D eigenvalue weighted by molar-refractivity contribution is -0.115. The van der Waals surface area contributed by atoms with E-state index in [1.165, 1.54) is 0 Å². The summed E-state index contributed by atoms with van der Waals surface area (Å²) in [5, 5.41) is 6.34. The topological polar surface area (TPSA) is 59.6 Å². The van der Waals surface area contributed by atoms with Crippen LogP contribution in [-0.2, 0) is 11.2 Å². The van der Waals surface area contributed by atoms with Gasteiger partial charge in [-0.2, -0.15) is 0 Å². The minimum absolute atomic E-state index is 0.00292. The summed E-state index contributed by atoms with van der Waals surface area (Å²) in [6.45, 7) is 11.4. The van der Waals surface area contributed by atoms with Crippen molar-refractivity contribution in [2.24, 2.45) is 0 Å². The fourth-order valence-electron chi connectivity index (χ4n) is 3.09. The van der Waals surface area contributed by atoms with Crippen LogP contribution in [0.4, 0.5) is 5.69 Å². The van der Waals surface area contributed by atoms with E-state index in [2.05, 4.69) is 17.6 Å². The molecule has 0 aliphatic heterocycles. The summed E-state index contributed by atoms with van der Waals surface area (Å²) >= 11 is 0. The second-order valence-electron chi connectivity index (χ2n) is 6.69. The third-order valence-corrected chi connectivity index (χ3v) is 4.64. The summed E-state index contributed by atoms with van der Waals surface area (Å²) in [7, 11) is 0. The number of anilines is 1. The number of hydrogen-bond donors (Lipinski definition) is 2. The number of ether oxygens (including phenoxy) is 2. The van der Waals surface area contributed by atoms with Crippen molar-refractivity contribution in [3.63, 3.8) is 0 Å². The molecule has 5 nitrogen and oxygen atoms in total. The van der Waals surface area contributed by atoms with Gasteiger partial charge in [0.25, 0.3) is 0 Å². The zero-order valence-electron chi connectivity index (χ0n) is 17.6. The van der Waals surface area contributed by atoms with Crippen LogP contribution >= 0.6 is 0 Å². The number of nitrogens with one attached hydrogen (secondary N) is 2. The Kier molecular flexibility index (Phi) is 8.33. The Morgan fingerprint density at radius 3 is 2.43 bits per heavy atom. The largest absolute Gasteiger partial charge is 0.490 e. The number of para-hydroxylation sites is 1. The molecule has 2 aromatic rings. The molecule has 1 atom stereocenters. The molecule has 2 N–H and O–H groups in total. The van der Waals surface area contributed by atoms with E-state index < -0.39 is 0 Å². The number of aryl methyl sites for hydroxylation is 2. The third kappa shape index (κ3) is 5.73. The molecule has 0 radical (unpaired) electrons. The standard InChI is InChI=1S/C23H32N2O3/c1-6-18-11-9-10-16(4)23(18)25-22(26)15-24-17(5)19-12-13-20(27-7-2)21(14-19)28-8-3/h9-14,17,24H,6-8,15H2,1-5H3,(H,25,26)/t17-/m1/s1. The van der Waals surface area contributed by atoms with Crippen LogP contribution < -0.4 is 20.1 Å². The maximum Gasteiger partial charge on any atom is 0.238 e. The van der Waals surface area contributed by atoms with Gasteiger partial charge in [0, 0.05) is 11.7 Å². The third-order valence-electron chi connectivity index (χ3n) is 4.64. The highest BCUT2D eigenvalue weighted by Crippen LogP contribution is 2.30. The van der Waals surface area contributed by atoms with Crippen molar-refractivity contribution in [3.05, 3.63) is 53.1 Å². The minimum Gasteiger partial charge on any atom is -0.490 e. The molecule has 2 rings (SSSR count). The molecular formula is C23H32N2O3. The normalized spacial score (nSPS) is 11.8. The van der Waals surface area contributed by atoms with E-state index in [1.54, 1.807) is 0 Å². The van der Waals surface area contributed by atoms with Gasteiger partial charge in [0.2, 0.25) is 5.91 Å². The van der Waals surface area contributed by atoms with Gasteiger partial charge in [-0.05, 0) is 62.9 Å². The van der Waals surface area contributed by atoms with Crippen LogP contribution in [-0.4, -0.2) is 25.7 Å². The fraction of sp³-hybridized carbons (Fsp3) is 0.435. The van der Waals surface area contributed by atoms with E-state index in [9.17, 15) is 4.79 Å². The molecule has 0 heterocycles. The van der Waals surface area contributed by atoms with Crippen molar-refractivity contribution in [3.8, 4) is 11.5 Å². The molecule has 0 aromatic heterocycles. The second-order valence-corrected chi connectivity index (χ2v) is 6.69. The van der Waals surface area contributed by atoms with Gasteiger partial charge < -0.3 is 20.1 Å². The SMILES string of the molecule is CCOc1ccc([C@@H](C)NCC(=O)Nc2c(C)cccc2CC)cc1OCC. The molecular weight excluding hydrogens is 352 g/mol. The summed E-state index contributed by atoms with van der Waals surface area (Å²) in [6.07, 6.45) is 0.882. The van der Waals surface area contributed by atoms with Gasteiger partial charge >= 0.3 is 0 Å². The first-order chi connectivity index (χ1) is 13.5. The van der Waals surface area contributed by atoms with Crippen molar-refractivity contribution in [2.45, 2.75) is 47.1 Å². The molecule has 0 unspecified atom stereocenters. The highest BCUT2D eigenvalue weighted by molar-refractivity contribution is 5.93. The van der Waals surface area contributed by atoms with E-state index in [4.69, 9.17) is 9.47 Å². The molecule has 152 valence electrons. The van der Waals surface area contributed by atoms with E-state index in [1.807, 2.05) is 64.1 Å². The lowest BCUT2D eigenvalue weighted by Gasteiger charge is -2.18. The molecule has 0 aliphatic carbocycles. The van der Waals surface area contributed by atoms with Gasteiger partial charge in [-0.3, -0.25) is 4.79 Å². The Labute approximate surface area is 168 Å². The van der Waals surface area contributed by atoms with Gasteiger partial charge in [-0.25, -0.2) is 0 Å². The first kappa shape index (κ1) is 21.8. The maximum atomic E-state index is 12.5. The molecule has 0 bridgehead atoms. The van der Waals surface area contributed by atoms with Crippen molar-refractivity contribution in [1.29, 1.82) is 0 Å². The van der Waals surface area contributed by atoms with E-state index in [-0.39, 0.29) is 18.5 Å². The average molecular weight is 385 g/mol. The molecule has 0 fully saturated rings. The Bertz CT molecular complexity index is 789. The van der Waals surface area contributed by atoms with Crippen LogP contribution in [0.25, 0.3) is 0 Å². The zero-order valence-corrected chi connectivity index (χ0v) is 17.6. The van der Waals surface area contributed by atoms with Gasteiger partial charge in [0.05, 0.1) is 19.8 Å². The molecule has 0 saturated carbocycles. The summed E-state index contributed by atoms with van der Waals surface area (Å²) in [5.74, 6) is 1.42. The van der Waals surface area contributed by atoms with Gasteiger partial charge in [-0.15, -0.1) is 0 Å². The van der Waals surface area contributed by atoms with Crippen molar-refractivity contribution in [1.82, 2.24) is 5.32 Å². The highest BCUT2D eigenvalue weighted by atomic mass is 16.5. The Morgan fingerprint density at radius 1 is 1.04 bits per heavy atom. The second kappa shape index (κ2) is 10.7. The first-order valence-electron chi connectivity index (χ1n) is 10.0. The van der Waals surface area contributed by atoms with Crippen LogP contribution in [0, 0.1) is 6.92 Å². The Morgan fingerprint density at radius 2 is 1.75 bits per heavy atom. The molecule has 1 amide bonds.